The molecule has 5 nitrogen and oxygen atoms in total. The van der Waals surface area contributed by atoms with E-state index < -0.39 is 0 Å². The standard InChI is InChI=1S/C19H26FN3O2/c1-14-7-8-15(13-17(14)20)19-21-18(25-22-19)6-4-11-23-10-3-2-5-16(23)9-12-24/h7-8,13,16,24H,2-6,9-12H2,1H3. The van der Waals surface area contributed by atoms with Gasteiger partial charge in [0.25, 0.3) is 0 Å². The maximum Gasteiger partial charge on any atom is 0.227 e. The van der Waals surface area contributed by atoms with Crippen LogP contribution in [-0.4, -0.2) is 45.9 Å². The minimum Gasteiger partial charge on any atom is -0.396 e. The number of nitrogens with zero attached hydrogens (tertiary/aromatic N) is 3. The molecule has 2 heterocycles. The van der Waals surface area contributed by atoms with Crippen LogP contribution >= 0.6 is 0 Å². The van der Waals surface area contributed by atoms with Crippen molar-refractivity contribution in [3.05, 3.63) is 35.5 Å². The van der Waals surface area contributed by atoms with Crippen molar-refractivity contribution in [3.8, 4) is 11.4 Å². The lowest BCUT2D eigenvalue weighted by molar-refractivity contribution is 0.117. The predicted octanol–water partition coefficient (Wildman–Crippen LogP) is 3.35. The number of likely N-dealkylation sites (tertiary alicyclic amines) is 1. The fourth-order valence-electron chi connectivity index (χ4n) is 3.47. The van der Waals surface area contributed by atoms with Gasteiger partial charge in [-0.05, 0) is 57.3 Å². The Morgan fingerprint density at radius 3 is 3.04 bits per heavy atom. The highest BCUT2D eigenvalue weighted by Gasteiger charge is 2.21. The van der Waals surface area contributed by atoms with E-state index in [0.29, 0.717) is 35.3 Å². The zero-order valence-corrected chi connectivity index (χ0v) is 14.7. The van der Waals surface area contributed by atoms with E-state index in [2.05, 4.69) is 15.0 Å². The number of aryl methyl sites for hydroxylation is 2. The maximum atomic E-state index is 13.7. The first kappa shape index (κ1) is 18.0. The van der Waals surface area contributed by atoms with Crippen molar-refractivity contribution < 1.29 is 14.0 Å². The van der Waals surface area contributed by atoms with E-state index in [1.165, 1.54) is 25.3 Å². The van der Waals surface area contributed by atoms with Crippen LogP contribution in [0.1, 0.15) is 43.6 Å². The Bertz CT molecular complexity index is 687. The summed E-state index contributed by atoms with van der Waals surface area (Å²) in [5.74, 6) is 0.764. The quantitative estimate of drug-likeness (QED) is 0.832. The summed E-state index contributed by atoms with van der Waals surface area (Å²) >= 11 is 0. The van der Waals surface area contributed by atoms with Crippen LogP contribution in [-0.2, 0) is 6.42 Å². The maximum absolute atomic E-state index is 13.7. The SMILES string of the molecule is Cc1ccc(-c2noc(CCCN3CCCCC3CCO)n2)cc1F. The smallest absolute Gasteiger partial charge is 0.227 e. The monoisotopic (exact) mass is 347 g/mol. The van der Waals surface area contributed by atoms with Crippen LogP contribution in [0.15, 0.2) is 22.7 Å². The van der Waals surface area contributed by atoms with Crippen molar-refractivity contribution in [2.75, 3.05) is 19.7 Å². The molecule has 0 saturated carbocycles. The average Bonchev–Trinajstić information content (AvgIpc) is 3.08. The van der Waals surface area contributed by atoms with Crippen LogP contribution in [0.4, 0.5) is 4.39 Å². The molecular weight excluding hydrogens is 321 g/mol. The van der Waals surface area contributed by atoms with Gasteiger partial charge < -0.3 is 14.5 Å². The number of aliphatic hydroxyl groups excluding tert-OH is 1. The first-order valence-corrected chi connectivity index (χ1v) is 9.11. The van der Waals surface area contributed by atoms with Gasteiger partial charge in [0.15, 0.2) is 0 Å². The van der Waals surface area contributed by atoms with E-state index in [1.54, 1.807) is 19.1 Å². The molecule has 1 saturated heterocycles. The molecule has 1 aromatic carbocycles. The lowest BCUT2D eigenvalue weighted by Crippen LogP contribution is -2.40. The number of halogens is 1. The number of hydrogen-bond donors (Lipinski definition) is 1. The second kappa shape index (κ2) is 8.54. The van der Waals surface area contributed by atoms with Gasteiger partial charge in [0.05, 0.1) is 0 Å². The molecule has 1 aromatic heterocycles. The Labute approximate surface area is 147 Å². The molecule has 0 amide bonds. The lowest BCUT2D eigenvalue weighted by atomic mass is 9.99. The van der Waals surface area contributed by atoms with Gasteiger partial charge in [0.1, 0.15) is 5.82 Å². The second-order valence-corrected chi connectivity index (χ2v) is 6.78. The number of rotatable bonds is 7. The molecule has 0 aliphatic carbocycles. The molecule has 136 valence electrons. The molecule has 1 aliphatic heterocycles. The Morgan fingerprint density at radius 1 is 1.36 bits per heavy atom. The number of hydrogen-bond acceptors (Lipinski definition) is 5. The Balaban J connectivity index is 1.54. The third-order valence-electron chi connectivity index (χ3n) is 4.95. The zero-order chi connectivity index (χ0) is 17.6. The van der Waals surface area contributed by atoms with Crippen molar-refractivity contribution in [2.45, 2.75) is 51.5 Å². The van der Waals surface area contributed by atoms with Gasteiger partial charge >= 0.3 is 0 Å². The van der Waals surface area contributed by atoms with Crippen molar-refractivity contribution in [2.24, 2.45) is 0 Å². The van der Waals surface area contributed by atoms with E-state index in [1.807, 2.05) is 0 Å². The van der Waals surface area contributed by atoms with Gasteiger partial charge in [-0.3, -0.25) is 0 Å². The average molecular weight is 347 g/mol. The van der Waals surface area contributed by atoms with Crippen molar-refractivity contribution in [3.63, 3.8) is 0 Å². The molecule has 6 heteroatoms. The summed E-state index contributed by atoms with van der Waals surface area (Å²) in [5.41, 5.74) is 1.24. The van der Waals surface area contributed by atoms with E-state index in [4.69, 9.17) is 4.52 Å². The van der Waals surface area contributed by atoms with Crippen LogP contribution in [0.25, 0.3) is 11.4 Å². The topological polar surface area (TPSA) is 62.4 Å². The molecule has 1 atom stereocenters. The van der Waals surface area contributed by atoms with E-state index in [0.717, 1.165) is 25.9 Å². The summed E-state index contributed by atoms with van der Waals surface area (Å²) in [7, 11) is 0. The van der Waals surface area contributed by atoms with Crippen LogP contribution in [0.5, 0.6) is 0 Å². The highest BCUT2D eigenvalue weighted by molar-refractivity contribution is 5.54. The lowest BCUT2D eigenvalue weighted by Gasteiger charge is -2.35. The van der Waals surface area contributed by atoms with Crippen LogP contribution in [0.3, 0.4) is 0 Å². The third kappa shape index (κ3) is 4.64. The first-order valence-electron chi connectivity index (χ1n) is 9.11. The zero-order valence-electron chi connectivity index (χ0n) is 14.7. The largest absolute Gasteiger partial charge is 0.396 e. The molecule has 1 aliphatic rings. The van der Waals surface area contributed by atoms with Crippen molar-refractivity contribution in [1.82, 2.24) is 15.0 Å². The number of aliphatic hydroxyl groups is 1. The predicted molar refractivity (Wildman–Crippen MR) is 93.7 cm³/mol. The van der Waals surface area contributed by atoms with Crippen molar-refractivity contribution in [1.29, 1.82) is 0 Å². The van der Waals surface area contributed by atoms with Gasteiger partial charge in [-0.2, -0.15) is 4.98 Å². The highest BCUT2D eigenvalue weighted by atomic mass is 19.1. The molecule has 25 heavy (non-hydrogen) atoms. The van der Waals surface area contributed by atoms with Gasteiger partial charge in [-0.15, -0.1) is 0 Å². The minimum absolute atomic E-state index is 0.251. The summed E-state index contributed by atoms with van der Waals surface area (Å²) in [6, 6.07) is 5.46. The van der Waals surface area contributed by atoms with E-state index in [9.17, 15) is 9.50 Å². The third-order valence-corrected chi connectivity index (χ3v) is 4.95. The van der Waals surface area contributed by atoms with Crippen LogP contribution in [0.2, 0.25) is 0 Å². The van der Waals surface area contributed by atoms with Crippen molar-refractivity contribution >= 4 is 0 Å². The number of piperidine rings is 1. The normalized spacial score (nSPS) is 18.6. The van der Waals surface area contributed by atoms with Gasteiger partial charge in [0, 0.05) is 24.6 Å². The molecular formula is C19H26FN3O2. The molecule has 0 bridgehead atoms. The minimum atomic E-state index is -0.260. The Morgan fingerprint density at radius 2 is 2.24 bits per heavy atom. The first-order chi connectivity index (χ1) is 12.2. The summed E-state index contributed by atoms with van der Waals surface area (Å²) in [5, 5.41) is 13.2. The summed E-state index contributed by atoms with van der Waals surface area (Å²) < 4.78 is 19.0. The molecule has 2 aromatic rings. The number of aromatic nitrogens is 2. The van der Waals surface area contributed by atoms with E-state index >= 15 is 0 Å². The molecule has 0 radical (unpaired) electrons. The van der Waals surface area contributed by atoms with Crippen LogP contribution in [0, 0.1) is 12.7 Å². The Hall–Kier alpha value is -1.79. The molecule has 1 N–H and O–H groups in total. The number of benzene rings is 1. The Kier molecular flexibility index (Phi) is 6.15. The summed E-state index contributed by atoms with van der Waals surface area (Å²) in [6.45, 7) is 4.05. The van der Waals surface area contributed by atoms with Gasteiger partial charge in [0.2, 0.25) is 11.7 Å². The summed E-state index contributed by atoms with van der Waals surface area (Å²) in [6.07, 6.45) is 6.15. The summed E-state index contributed by atoms with van der Waals surface area (Å²) in [4.78, 5) is 6.85. The van der Waals surface area contributed by atoms with Crippen LogP contribution < -0.4 is 0 Å². The van der Waals surface area contributed by atoms with E-state index in [-0.39, 0.29) is 12.4 Å². The molecule has 1 fully saturated rings. The fraction of sp³-hybridized carbons (Fsp3) is 0.579. The highest BCUT2D eigenvalue weighted by Crippen LogP contribution is 2.21. The molecule has 1 unspecified atom stereocenters. The molecule has 0 spiro atoms. The molecule has 3 rings (SSSR count). The second-order valence-electron chi connectivity index (χ2n) is 6.78. The fourth-order valence-corrected chi connectivity index (χ4v) is 3.47. The van der Waals surface area contributed by atoms with Gasteiger partial charge in [-0.1, -0.05) is 23.7 Å². The van der Waals surface area contributed by atoms with Gasteiger partial charge in [-0.25, -0.2) is 4.39 Å².